The van der Waals surface area contributed by atoms with Crippen molar-refractivity contribution in [2.75, 3.05) is 12.4 Å². The van der Waals surface area contributed by atoms with Crippen LogP contribution in [-0.2, 0) is 4.79 Å². The number of rotatable bonds is 6. The van der Waals surface area contributed by atoms with Crippen LogP contribution in [0.4, 0.5) is 0 Å². The van der Waals surface area contributed by atoms with Gasteiger partial charge >= 0.3 is 0 Å². The molecule has 0 aliphatic rings. The average Bonchev–Trinajstić information content (AvgIpc) is 2.11. The number of carbonyl (C=O) groups excluding carboxylic acids is 1. The van der Waals surface area contributed by atoms with Crippen LogP contribution in [0.1, 0.15) is 47.0 Å². The Morgan fingerprint density at radius 2 is 1.93 bits per heavy atom. The van der Waals surface area contributed by atoms with Crippen molar-refractivity contribution in [2.24, 2.45) is 11.3 Å². The monoisotopic (exact) mass is 233 g/mol. The van der Waals surface area contributed by atoms with Crippen molar-refractivity contribution in [3.63, 3.8) is 0 Å². The highest BCUT2D eigenvalue weighted by molar-refractivity contribution is 6.17. The summed E-state index contributed by atoms with van der Waals surface area (Å²) >= 11 is 5.55. The zero-order valence-corrected chi connectivity index (χ0v) is 11.2. The first-order chi connectivity index (χ1) is 6.88. The molecule has 0 aromatic heterocycles. The van der Waals surface area contributed by atoms with Gasteiger partial charge < -0.3 is 5.32 Å². The minimum Gasteiger partial charge on any atom is -0.356 e. The van der Waals surface area contributed by atoms with E-state index in [1.54, 1.807) is 0 Å². The average molecular weight is 234 g/mol. The van der Waals surface area contributed by atoms with Crippen LogP contribution >= 0.6 is 11.6 Å². The highest BCUT2D eigenvalue weighted by Gasteiger charge is 2.22. The van der Waals surface area contributed by atoms with Crippen LogP contribution in [0, 0.1) is 11.3 Å². The van der Waals surface area contributed by atoms with Crippen molar-refractivity contribution >= 4 is 17.5 Å². The van der Waals surface area contributed by atoms with Gasteiger partial charge in [0.1, 0.15) is 0 Å². The Balaban J connectivity index is 3.65. The van der Waals surface area contributed by atoms with Crippen molar-refractivity contribution in [3.8, 4) is 0 Å². The fourth-order valence-corrected chi connectivity index (χ4v) is 1.29. The van der Waals surface area contributed by atoms with E-state index in [9.17, 15) is 4.79 Å². The highest BCUT2D eigenvalue weighted by atomic mass is 35.5. The zero-order chi connectivity index (χ0) is 11.9. The molecule has 0 aliphatic heterocycles. The van der Waals surface area contributed by atoms with E-state index in [4.69, 9.17) is 11.6 Å². The smallest absolute Gasteiger partial charge is 0.220 e. The molecule has 1 N–H and O–H groups in total. The molecule has 0 bridgehead atoms. The molecule has 1 unspecified atom stereocenters. The standard InChI is InChI=1S/C12H24ClNO/c1-10(12(2,3)4)9-11(15)14-8-6-5-7-13/h10H,5-9H2,1-4H3,(H,14,15). The molecule has 3 heteroatoms. The van der Waals surface area contributed by atoms with Crippen LogP contribution in [0.3, 0.4) is 0 Å². The lowest BCUT2D eigenvalue weighted by Crippen LogP contribution is -2.29. The summed E-state index contributed by atoms with van der Waals surface area (Å²) in [5, 5.41) is 2.92. The molecule has 0 aromatic carbocycles. The molecule has 15 heavy (non-hydrogen) atoms. The molecular weight excluding hydrogens is 210 g/mol. The number of amides is 1. The highest BCUT2D eigenvalue weighted by Crippen LogP contribution is 2.27. The Hall–Kier alpha value is -0.240. The lowest BCUT2D eigenvalue weighted by molar-refractivity contribution is -0.122. The maximum Gasteiger partial charge on any atom is 0.220 e. The Kier molecular flexibility index (Phi) is 6.99. The third kappa shape index (κ3) is 7.66. The molecule has 0 heterocycles. The summed E-state index contributed by atoms with van der Waals surface area (Å²) in [6, 6.07) is 0. The summed E-state index contributed by atoms with van der Waals surface area (Å²) < 4.78 is 0. The van der Waals surface area contributed by atoms with Crippen molar-refractivity contribution < 1.29 is 4.79 Å². The second-order valence-electron chi connectivity index (χ2n) is 5.22. The van der Waals surface area contributed by atoms with E-state index >= 15 is 0 Å². The molecular formula is C12H24ClNO. The van der Waals surface area contributed by atoms with Crippen LogP contribution in [0.2, 0.25) is 0 Å². The van der Waals surface area contributed by atoms with Gasteiger partial charge in [-0.05, 0) is 24.2 Å². The predicted molar refractivity (Wildman–Crippen MR) is 66.2 cm³/mol. The lowest BCUT2D eigenvalue weighted by atomic mass is 9.80. The molecule has 90 valence electrons. The number of hydrogen-bond donors (Lipinski definition) is 1. The Morgan fingerprint density at radius 3 is 2.40 bits per heavy atom. The molecule has 0 rings (SSSR count). The maximum absolute atomic E-state index is 11.5. The van der Waals surface area contributed by atoms with Gasteiger partial charge in [-0.15, -0.1) is 11.6 Å². The number of nitrogens with one attached hydrogen (secondary N) is 1. The van der Waals surface area contributed by atoms with Gasteiger partial charge in [-0.3, -0.25) is 4.79 Å². The van der Waals surface area contributed by atoms with Gasteiger partial charge in [0.2, 0.25) is 5.91 Å². The van der Waals surface area contributed by atoms with Gasteiger partial charge in [-0.1, -0.05) is 27.7 Å². The topological polar surface area (TPSA) is 29.1 Å². The molecule has 0 saturated heterocycles. The first kappa shape index (κ1) is 14.8. The summed E-state index contributed by atoms with van der Waals surface area (Å²) in [4.78, 5) is 11.5. The van der Waals surface area contributed by atoms with Crippen LogP contribution in [-0.4, -0.2) is 18.3 Å². The number of alkyl halides is 1. The SMILES string of the molecule is CC(CC(=O)NCCCCCl)C(C)(C)C. The Labute approximate surface area is 98.8 Å². The van der Waals surface area contributed by atoms with Crippen LogP contribution in [0.25, 0.3) is 0 Å². The number of carbonyl (C=O) groups is 1. The van der Waals surface area contributed by atoms with E-state index in [2.05, 4.69) is 33.0 Å². The third-order valence-electron chi connectivity index (χ3n) is 2.85. The van der Waals surface area contributed by atoms with Crippen molar-refractivity contribution in [1.29, 1.82) is 0 Å². The minimum atomic E-state index is 0.159. The Bertz CT molecular complexity index is 187. The summed E-state index contributed by atoms with van der Waals surface area (Å²) in [6.45, 7) is 9.37. The van der Waals surface area contributed by atoms with Crippen LogP contribution < -0.4 is 5.32 Å². The second-order valence-corrected chi connectivity index (χ2v) is 5.60. The fourth-order valence-electron chi connectivity index (χ4n) is 1.10. The lowest BCUT2D eigenvalue weighted by Gasteiger charge is -2.26. The summed E-state index contributed by atoms with van der Waals surface area (Å²) in [5.41, 5.74) is 0.202. The van der Waals surface area contributed by atoms with Crippen molar-refractivity contribution in [3.05, 3.63) is 0 Å². The summed E-state index contributed by atoms with van der Waals surface area (Å²) in [5.74, 6) is 1.24. The second kappa shape index (κ2) is 7.10. The van der Waals surface area contributed by atoms with Crippen LogP contribution in [0.5, 0.6) is 0 Å². The normalized spacial score (nSPS) is 13.7. The van der Waals surface area contributed by atoms with Gasteiger partial charge in [0.05, 0.1) is 0 Å². The summed E-state index contributed by atoms with van der Waals surface area (Å²) in [6.07, 6.45) is 2.56. The van der Waals surface area contributed by atoms with E-state index in [0.29, 0.717) is 18.2 Å². The first-order valence-electron chi connectivity index (χ1n) is 5.70. The molecule has 1 atom stereocenters. The number of hydrogen-bond acceptors (Lipinski definition) is 1. The maximum atomic E-state index is 11.5. The van der Waals surface area contributed by atoms with E-state index in [1.165, 1.54) is 0 Å². The van der Waals surface area contributed by atoms with Gasteiger partial charge in [0.15, 0.2) is 0 Å². The Morgan fingerprint density at radius 1 is 1.33 bits per heavy atom. The fraction of sp³-hybridized carbons (Fsp3) is 0.917. The summed E-state index contributed by atoms with van der Waals surface area (Å²) in [7, 11) is 0. The number of halogens is 1. The number of unbranched alkanes of at least 4 members (excludes halogenated alkanes) is 1. The van der Waals surface area contributed by atoms with E-state index in [0.717, 1.165) is 19.4 Å². The van der Waals surface area contributed by atoms with E-state index in [-0.39, 0.29) is 11.3 Å². The molecule has 2 nitrogen and oxygen atoms in total. The van der Waals surface area contributed by atoms with Gasteiger partial charge in [-0.25, -0.2) is 0 Å². The molecule has 0 saturated carbocycles. The molecule has 0 aliphatic carbocycles. The van der Waals surface area contributed by atoms with Crippen molar-refractivity contribution in [2.45, 2.75) is 47.0 Å². The zero-order valence-electron chi connectivity index (χ0n) is 10.4. The van der Waals surface area contributed by atoms with E-state index < -0.39 is 0 Å². The predicted octanol–water partition coefficient (Wildman–Crippen LogP) is 3.19. The van der Waals surface area contributed by atoms with Crippen LogP contribution in [0.15, 0.2) is 0 Å². The van der Waals surface area contributed by atoms with Gasteiger partial charge in [0.25, 0.3) is 0 Å². The molecule has 0 aromatic rings. The molecule has 0 spiro atoms. The van der Waals surface area contributed by atoms with Gasteiger partial charge in [0, 0.05) is 18.8 Å². The van der Waals surface area contributed by atoms with E-state index in [1.807, 2.05) is 0 Å². The quantitative estimate of drug-likeness (QED) is 0.554. The minimum absolute atomic E-state index is 0.159. The molecule has 1 amide bonds. The largest absolute Gasteiger partial charge is 0.356 e. The molecule has 0 fully saturated rings. The van der Waals surface area contributed by atoms with Crippen molar-refractivity contribution in [1.82, 2.24) is 5.32 Å². The first-order valence-corrected chi connectivity index (χ1v) is 6.24. The molecule has 0 radical (unpaired) electrons. The van der Waals surface area contributed by atoms with Gasteiger partial charge in [-0.2, -0.15) is 0 Å². The third-order valence-corrected chi connectivity index (χ3v) is 3.12.